The SMILES string of the molecule is COc1ccc(Oc2cc(S(N)(=O)=O)ccc2N)cc1. The van der Waals surface area contributed by atoms with E-state index in [1.165, 1.54) is 18.2 Å². The Morgan fingerprint density at radius 1 is 1.00 bits per heavy atom. The second kappa shape index (κ2) is 5.40. The molecule has 0 radical (unpaired) electrons. The van der Waals surface area contributed by atoms with Gasteiger partial charge in [0.15, 0.2) is 5.75 Å². The molecule has 0 aromatic heterocycles. The second-order valence-corrected chi connectivity index (χ2v) is 5.58. The molecule has 0 aliphatic carbocycles. The van der Waals surface area contributed by atoms with E-state index in [9.17, 15) is 8.42 Å². The van der Waals surface area contributed by atoms with Gasteiger partial charge >= 0.3 is 0 Å². The summed E-state index contributed by atoms with van der Waals surface area (Å²) in [5, 5.41) is 5.07. The highest BCUT2D eigenvalue weighted by Crippen LogP contribution is 2.30. The summed E-state index contributed by atoms with van der Waals surface area (Å²) in [5.74, 6) is 1.41. The van der Waals surface area contributed by atoms with Crippen LogP contribution >= 0.6 is 0 Å². The fourth-order valence-corrected chi connectivity index (χ4v) is 2.08. The molecule has 0 fully saturated rings. The maximum absolute atomic E-state index is 11.3. The summed E-state index contributed by atoms with van der Waals surface area (Å²) in [5.41, 5.74) is 6.06. The lowest BCUT2D eigenvalue weighted by molar-refractivity contribution is 0.413. The minimum Gasteiger partial charge on any atom is -0.497 e. The number of methoxy groups -OCH3 is 1. The number of hydrogen-bond donors (Lipinski definition) is 2. The molecule has 20 heavy (non-hydrogen) atoms. The number of primary sulfonamides is 1. The average Bonchev–Trinajstić information content (AvgIpc) is 2.41. The summed E-state index contributed by atoms with van der Waals surface area (Å²) in [6.45, 7) is 0. The van der Waals surface area contributed by atoms with E-state index < -0.39 is 10.0 Å². The van der Waals surface area contributed by atoms with Crippen LogP contribution < -0.4 is 20.3 Å². The molecule has 4 N–H and O–H groups in total. The molecule has 106 valence electrons. The Kier molecular flexibility index (Phi) is 3.82. The van der Waals surface area contributed by atoms with Gasteiger partial charge < -0.3 is 15.2 Å². The lowest BCUT2D eigenvalue weighted by Crippen LogP contribution is -2.12. The first kappa shape index (κ1) is 14.2. The molecule has 0 atom stereocenters. The second-order valence-electron chi connectivity index (χ2n) is 4.02. The van der Waals surface area contributed by atoms with Crippen molar-refractivity contribution in [3.8, 4) is 17.2 Å². The van der Waals surface area contributed by atoms with E-state index in [2.05, 4.69) is 0 Å². The van der Waals surface area contributed by atoms with Gasteiger partial charge in [0.25, 0.3) is 0 Å². The molecule has 0 aliphatic rings. The molecule has 0 aliphatic heterocycles. The Hall–Kier alpha value is -2.25. The normalized spacial score (nSPS) is 11.1. The predicted molar refractivity (Wildman–Crippen MR) is 75.3 cm³/mol. The van der Waals surface area contributed by atoms with Crippen LogP contribution in [-0.4, -0.2) is 15.5 Å². The van der Waals surface area contributed by atoms with Crippen molar-refractivity contribution in [2.45, 2.75) is 4.90 Å². The van der Waals surface area contributed by atoms with Crippen LogP contribution in [0.1, 0.15) is 0 Å². The fourth-order valence-electron chi connectivity index (χ4n) is 1.55. The van der Waals surface area contributed by atoms with Crippen molar-refractivity contribution in [1.82, 2.24) is 0 Å². The number of hydrogen-bond acceptors (Lipinski definition) is 5. The van der Waals surface area contributed by atoms with Crippen molar-refractivity contribution < 1.29 is 17.9 Å². The monoisotopic (exact) mass is 294 g/mol. The molecule has 2 aromatic carbocycles. The third-order valence-electron chi connectivity index (χ3n) is 2.60. The number of sulfonamides is 1. The van der Waals surface area contributed by atoms with Crippen molar-refractivity contribution in [2.24, 2.45) is 5.14 Å². The smallest absolute Gasteiger partial charge is 0.238 e. The van der Waals surface area contributed by atoms with E-state index in [1.54, 1.807) is 31.4 Å². The lowest BCUT2D eigenvalue weighted by atomic mass is 10.3. The first-order chi connectivity index (χ1) is 9.40. The Bertz CT molecular complexity index is 712. The lowest BCUT2D eigenvalue weighted by Gasteiger charge is -2.10. The third-order valence-corrected chi connectivity index (χ3v) is 3.51. The summed E-state index contributed by atoms with van der Waals surface area (Å²) < 4.78 is 33.2. The van der Waals surface area contributed by atoms with Gasteiger partial charge in [-0.1, -0.05) is 0 Å². The Morgan fingerprint density at radius 2 is 1.60 bits per heavy atom. The molecule has 7 heteroatoms. The summed E-state index contributed by atoms with van der Waals surface area (Å²) in [7, 11) is -2.24. The van der Waals surface area contributed by atoms with Gasteiger partial charge in [-0.25, -0.2) is 13.6 Å². The van der Waals surface area contributed by atoms with Crippen LogP contribution in [0.5, 0.6) is 17.2 Å². The van der Waals surface area contributed by atoms with Crippen molar-refractivity contribution >= 4 is 15.7 Å². The summed E-state index contributed by atoms with van der Waals surface area (Å²) in [6.07, 6.45) is 0. The average molecular weight is 294 g/mol. The van der Waals surface area contributed by atoms with Crippen LogP contribution in [0.2, 0.25) is 0 Å². The van der Waals surface area contributed by atoms with Gasteiger partial charge in [0, 0.05) is 6.07 Å². The van der Waals surface area contributed by atoms with E-state index in [4.69, 9.17) is 20.3 Å². The van der Waals surface area contributed by atoms with Crippen LogP contribution in [0.3, 0.4) is 0 Å². The summed E-state index contributed by atoms with van der Waals surface area (Å²) >= 11 is 0. The zero-order valence-electron chi connectivity index (χ0n) is 10.7. The maximum Gasteiger partial charge on any atom is 0.238 e. The fraction of sp³-hybridized carbons (Fsp3) is 0.0769. The first-order valence-corrected chi connectivity index (χ1v) is 7.19. The highest BCUT2D eigenvalue weighted by molar-refractivity contribution is 7.89. The molecule has 0 unspecified atom stereocenters. The number of benzene rings is 2. The molecule has 0 saturated heterocycles. The third kappa shape index (κ3) is 3.19. The molecule has 0 amide bonds. The predicted octanol–water partition coefficient (Wildman–Crippen LogP) is 1.72. The highest BCUT2D eigenvalue weighted by atomic mass is 32.2. The first-order valence-electron chi connectivity index (χ1n) is 5.64. The van der Waals surface area contributed by atoms with E-state index in [0.29, 0.717) is 17.2 Å². The van der Waals surface area contributed by atoms with E-state index in [-0.39, 0.29) is 10.6 Å². The van der Waals surface area contributed by atoms with Crippen LogP contribution in [0, 0.1) is 0 Å². The minimum absolute atomic E-state index is 0.0600. The van der Waals surface area contributed by atoms with Crippen LogP contribution in [0.4, 0.5) is 5.69 Å². The van der Waals surface area contributed by atoms with Gasteiger partial charge in [-0.2, -0.15) is 0 Å². The topological polar surface area (TPSA) is 105 Å². The number of ether oxygens (including phenoxy) is 2. The van der Waals surface area contributed by atoms with Gasteiger partial charge in [-0.05, 0) is 36.4 Å². The van der Waals surface area contributed by atoms with Gasteiger partial charge in [0.1, 0.15) is 11.5 Å². The quantitative estimate of drug-likeness (QED) is 0.835. The van der Waals surface area contributed by atoms with Crippen LogP contribution in [-0.2, 0) is 10.0 Å². The van der Waals surface area contributed by atoms with Crippen molar-refractivity contribution in [3.63, 3.8) is 0 Å². The number of anilines is 1. The van der Waals surface area contributed by atoms with Gasteiger partial charge in [-0.3, -0.25) is 0 Å². The van der Waals surface area contributed by atoms with E-state index in [0.717, 1.165) is 0 Å². The molecular weight excluding hydrogens is 280 g/mol. The summed E-state index contributed by atoms with van der Waals surface area (Å²) in [4.78, 5) is -0.0600. The molecular formula is C13H14N2O4S. The van der Waals surface area contributed by atoms with Gasteiger partial charge in [-0.15, -0.1) is 0 Å². The van der Waals surface area contributed by atoms with Crippen molar-refractivity contribution in [3.05, 3.63) is 42.5 Å². The molecule has 2 rings (SSSR count). The van der Waals surface area contributed by atoms with Crippen molar-refractivity contribution in [2.75, 3.05) is 12.8 Å². The Labute approximate surface area is 117 Å². The van der Waals surface area contributed by atoms with Crippen molar-refractivity contribution in [1.29, 1.82) is 0 Å². The molecule has 6 nitrogen and oxygen atoms in total. The molecule has 0 spiro atoms. The molecule has 0 bridgehead atoms. The zero-order chi connectivity index (χ0) is 14.8. The molecule has 2 aromatic rings. The molecule has 0 heterocycles. The minimum atomic E-state index is -3.80. The number of nitrogen functional groups attached to an aromatic ring is 1. The standard InChI is InChI=1S/C13H14N2O4S/c1-18-9-2-4-10(5-3-9)19-13-8-11(20(15,16)17)6-7-12(13)14/h2-8H,14H2,1H3,(H2,15,16,17). The zero-order valence-corrected chi connectivity index (χ0v) is 11.6. The van der Waals surface area contributed by atoms with Gasteiger partial charge in [0.2, 0.25) is 10.0 Å². The largest absolute Gasteiger partial charge is 0.497 e. The number of rotatable bonds is 4. The highest BCUT2D eigenvalue weighted by Gasteiger charge is 2.11. The maximum atomic E-state index is 11.3. The van der Waals surface area contributed by atoms with Crippen LogP contribution in [0.25, 0.3) is 0 Å². The van der Waals surface area contributed by atoms with Gasteiger partial charge in [0.05, 0.1) is 17.7 Å². The Morgan fingerprint density at radius 3 is 2.15 bits per heavy atom. The summed E-state index contributed by atoms with van der Waals surface area (Å²) in [6, 6.07) is 10.8. The molecule has 0 saturated carbocycles. The van der Waals surface area contributed by atoms with Crippen LogP contribution in [0.15, 0.2) is 47.4 Å². The van der Waals surface area contributed by atoms with E-state index >= 15 is 0 Å². The number of nitrogens with two attached hydrogens (primary N) is 2. The Balaban J connectivity index is 2.32. The van der Waals surface area contributed by atoms with E-state index in [1.807, 2.05) is 0 Å².